The Hall–Kier alpha value is -2.84. The molecule has 2 aliphatic heterocycles. The van der Waals surface area contributed by atoms with Crippen molar-refractivity contribution in [1.29, 1.82) is 0 Å². The van der Waals surface area contributed by atoms with Crippen LogP contribution >= 0.6 is 0 Å². The standard InChI is InChI=1S/C17H21N5O4/c1-24-14-9-18-10-15(19-14)26-12-4-2-5-21(11-12)17(23)13-8-16-22(20-13)6-3-7-25-16/h8-10,12H,2-7,11H2,1H3. The third-order valence-electron chi connectivity index (χ3n) is 4.48. The molecule has 26 heavy (non-hydrogen) atoms. The van der Waals surface area contributed by atoms with Crippen molar-refractivity contribution >= 4 is 5.91 Å². The SMILES string of the molecule is COc1cncc(OC2CCCN(C(=O)c3cc4n(n3)CCCO4)C2)n1. The molecule has 9 nitrogen and oxygen atoms in total. The van der Waals surface area contributed by atoms with Crippen LogP contribution in [0.25, 0.3) is 0 Å². The second-order valence-electron chi connectivity index (χ2n) is 6.33. The molecule has 0 saturated carbocycles. The molecule has 0 spiro atoms. The minimum Gasteiger partial charge on any atom is -0.480 e. The van der Waals surface area contributed by atoms with Gasteiger partial charge in [-0.15, -0.1) is 0 Å². The average Bonchev–Trinajstić information content (AvgIpc) is 3.12. The Labute approximate surface area is 150 Å². The van der Waals surface area contributed by atoms with E-state index in [2.05, 4.69) is 15.1 Å². The van der Waals surface area contributed by atoms with E-state index < -0.39 is 0 Å². The molecule has 1 amide bonds. The molecule has 0 aromatic carbocycles. The van der Waals surface area contributed by atoms with Crippen molar-refractivity contribution in [2.24, 2.45) is 0 Å². The summed E-state index contributed by atoms with van der Waals surface area (Å²) in [6.45, 7) is 2.62. The van der Waals surface area contributed by atoms with Gasteiger partial charge in [0.05, 0.1) is 32.7 Å². The first-order valence-corrected chi connectivity index (χ1v) is 8.75. The highest BCUT2D eigenvalue weighted by atomic mass is 16.5. The van der Waals surface area contributed by atoms with Gasteiger partial charge in [-0.2, -0.15) is 10.1 Å². The Bertz CT molecular complexity index is 770. The Kier molecular flexibility index (Phi) is 4.59. The topological polar surface area (TPSA) is 91.6 Å². The number of fused-ring (bicyclic) bond motifs is 1. The first-order valence-electron chi connectivity index (χ1n) is 8.75. The van der Waals surface area contributed by atoms with Crippen LogP contribution in [-0.4, -0.2) is 63.5 Å². The third kappa shape index (κ3) is 3.42. The number of hydrogen-bond donors (Lipinski definition) is 0. The summed E-state index contributed by atoms with van der Waals surface area (Å²) < 4.78 is 18.3. The molecule has 1 fully saturated rings. The third-order valence-corrected chi connectivity index (χ3v) is 4.48. The van der Waals surface area contributed by atoms with Gasteiger partial charge in [-0.1, -0.05) is 0 Å². The van der Waals surface area contributed by atoms with Crippen molar-refractivity contribution in [3.05, 3.63) is 24.2 Å². The maximum Gasteiger partial charge on any atom is 0.274 e. The number of aromatic nitrogens is 4. The number of likely N-dealkylation sites (tertiary alicyclic amines) is 1. The number of carbonyl (C=O) groups is 1. The largest absolute Gasteiger partial charge is 0.480 e. The van der Waals surface area contributed by atoms with Gasteiger partial charge in [-0.3, -0.25) is 9.78 Å². The van der Waals surface area contributed by atoms with Gasteiger partial charge in [-0.05, 0) is 12.8 Å². The van der Waals surface area contributed by atoms with E-state index in [0.29, 0.717) is 43.0 Å². The first-order chi connectivity index (χ1) is 12.7. The molecule has 4 heterocycles. The van der Waals surface area contributed by atoms with Crippen LogP contribution in [0.2, 0.25) is 0 Å². The summed E-state index contributed by atoms with van der Waals surface area (Å²) in [4.78, 5) is 22.8. The predicted molar refractivity (Wildman–Crippen MR) is 90.5 cm³/mol. The number of nitrogens with zero attached hydrogens (tertiary/aromatic N) is 5. The molecule has 2 aliphatic rings. The van der Waals surface area contributed by atoms with Crippen LogP contribution in [-0.2, 0) is 6.54 Å². The number of piperidine rings is 1. The average molecular weight is 359 g/mol. The lowest BCUT2D eigenvalue weighted by atomic mass is 10.1. The summed E-state index contributed by atoms with van der Waals surface area (Å²) in [5.41, 5.74) is 0.420. The molecule has 0 bridgehead atoms. The second-order valence-corrected chi connectivity index (χ2v) is 6.33. The van der Waals surface area contributed by atoms with E-state index in [-0.39, 0.29) is 12.0 Å². The van der Waals surface area contributed by atoms with Crippen LogP contribution in [0.1, 0.15) is 29.8 Å². The summed E-state index contributed by atoms with van der Waals surface area (Å²) in [6, 6.07) is 1.72. The van der Waals surface area contributed by atoms with Gasteiger partial charge >= 0.3 is 0 Å². The summed E-state index contributed by atoms with van der Waals surface area (Å²) in [7, 11) is 1.53. The Balaban J connectivity index is 1.42. The number of carbonyl (C=O) groups excluding carboxylic acids is 1. The van der Waals surface area contributed by atoms with E-state index in [1.165, 1.54) is 13.3 Å². The molecule has 1 unspecified atom stereocenters. The van der Waals surface area contributed by atoms with Crippen molar-refractivity contribution < 1.29 is 19.0 Å². The molecule has 1 saturated heterocycles. The minimum atomic E-state index is -0.136. The highest BCUT2D eigenvalue weighted by Gasteiger charge is 2.28. The van der Waals surface area contributed by atoms with E-state index in [9.17, 15) is 4.79 Å². The molecule has 2 aromatic heterocycles. The van der Waals surface area contributed by atoms with Gasteiger partial charge in [-0.25, -0.2) is 4.68 Å². The molecular weight excluding hydrogens is 338 g/mol. The number of ether oxygens (including phenoxy) is 3. The fraction of sp³-hybridized carbons (Fsp3) is 0.529. The second kappa shape index (κ2) is 7.19. The summed E-state index contributed by atoms with van der Waals surface area (Å²) >= 11 is 0. The maximum absolute atomic E-state index is 12.8. The lowest BCUT2D eigenvalue weighted by molar-refractivity contribution is 0.0519. The highest BCUT2D eigenvalue weighted by Crippen LogP contribution is 2.22. The molecule has 4 rings (SSSR count). The number of amides is 1. The zero-order valence-corrected chi connectivity index (χ0v) is 14.6. The number of aryl methyl sites for hydroxylation is 1. The molecule has 2 aromatic rings. The Morgan fingerprint density at radius 2 is 2.15 bits per heavy atom. The van der Waals surface area contributed by atoms with Crippen LogP contribution in [0.3, 0.4) is 0 Å². The Morgan fingerprint density at radius 3 is 3.00 bits per heavy atom. The van der Waals surface area contributed by atoms with E-state index >= 15 is 0 Å². The van der Waals surface area contributed by atoms with Crippen LogP contribution < -0.4 is 14.2 Å². The van der Waals surface area contributed by atoms with E-state index in [1.807, 2.05) is 0 Å². The minimum absolute atomic E-state index is 0.0967. The number of hydrogen-bond acceptors (Lipinski definition) is 7. The van der Waals surface area contributed by atoms with Crippen molar-refractivity contribution in [1.82, 2.24) is 24.6 Å². The predicted octanol–water partition coefficient (Wildman–Crippen LogP) is 1.15. The van der Waals surface area contributed by atoms with Crippen LogP contribution in [0.15, 0.2) is 18.5 Å². The quantitative estimate of drug-likeness (QED) is 0.808. The van der Waals surface area contributed by atoms with Gasteiger partial charge < -0.3 is 19.1 Å². The molecule has 0 radical (unpaired) electrons. The van der Waals surface area contributed by atoms with Gasteiger partial charge in [0.1, 0.15) is 6.10 Å². The summed E-state index contributed by atoms with van der Waals surface area (Å²) in [6.07, 6.45) is 5.55. The molecule has 9 heteroatoms. The zero-order chi connectivity index (χ0) is 17.9. The fourth-order valence-electron chi connectivity index (χ4n) is 3.21. The van der Waals surface area contributed by atoms with Crippen molar-refractivity contribution in [2.45, 2.75) is 31.9 Å². The Morgan fingerprint density at radius 1 is 1.27 bits per heavy atom. The van der Waals surface area contributed by atoms with Crippen LogP contribution in [0.4, 0.5) is 0 Å². The van der Waals surface area contributed by atoms with Crippen molar-refractivity contribution in [2.75, 3.05) is 26.8 Å². The number of methoxy groups -OCH3 is 1. The van der Waals surface area contributed by atoms with Gasteiger partial charge in [0.25, 0.3) is 5.91 Å². The molecule has 1 atom stereocenters. The van der Waals surface area contributed by atoms with E-state index in [4.69, 9.17) is 14.2 Å². The highest BCUT2D eigenvalue weighted by molar-refractivity contribution is 5.92. The normalized spacial score (nSPS) is 19.4. The monoisotopic (exact) mass is 359 g/mol. The van der Waals surface area contributed by atoms with Crippen LogP contribution in [0, 0.1) is 0 Å². The molecular formula is C17H21N5O4. The molecule has 138 valence electrons. The van der Waals surface area contributed by atoms with Gasteiger partial charge in [0, 0.05) is 25.6 Å². The lowest BCUT2D eigenvalue weighted by Gasteiger charge is -2.32. The van der Waals surface area contributed by atoms with Gasteiger partial charge in [0.2, 0.25) is 17.6 Å². The number of rotatable bonds is 4. The molecule has 0 N–H and O–H groups in total. The lowest BCUT2D eigenvalue weighted by Crippen LogP contribution is -2.44. The van der Waals surface area contributed by atoms with Crippen molar-refractivity contribution in [3.8, 4) is 17.6 Å². The van der Waals surface area contributed by atoms with Crippen molar-refractivity contribution in [3.63, 3.8) is 0 Å². The zero-order valence-electron chi connectivity index (χ0n) is 14.6. The molecule has 0 aliphatic carbocycles. The fourth-order valence-corrected chi connectivity index (χ4v) is 3.21. The maximum atomic E-state index is 12.8. The summed E-state index contributed by atoms with van der Waals surface area (Å²) in [5, 5.41) is 4.38. The van der Waals surface area contributed by atoms with Crippen LogP contribution in [0.5, 0.6) is 17.6 Å². The summed E-state index contributed by atoms with van der Waals surface area (Å²) in [5.74, 6) is 1.36. The van der Waals surface area contributed by atoms with E-state index in [0.717, 1.165) is 25.8 Å². The van der Waals surface area contributed by atoms with Gasteiger partial charge in [0.15, 0.2) is 5.69 Å². The first kappa shape index (κ1) is 16.6. The van der Waals surface area contributed by atoms with E-state index in [1.54, 1.807) is 21.8 Å². The smallest absolute Gasteiger partial charge is 0.274 e.